The molecule has 1 atom stereocenters. The van der Waals surface area contributed by atoms with E-state index in [1.807, 2.05) is 0 Å². The molecule has 2 saturated heterocycles. The van der Waals surface area contributed by atoms with Crippen LogP contribution in [-0.2, 0) is 4.79 Å². The van der Waals surface area contributed by atoms with E-state index in [1.165, 1.54) is 44.9 Å². The maximum Gasteiger partial charge on any atom is 0.315 e. The van der Waals surface area contributed by atoms with E-state index in [0.717, 1.165) is 13.0 Å². The summed E-state index contributed by atoms with van der Waals surface area (Å²) in [6, 6.07) is 5.38. The second-order valence-corrected chi connectivity index (χ2v) is 7.74. The zero-order chi connectivity index (χ0) is 19.9. The van der Waals surface area contributed by atoms with E-state index < -0.39 is 0 Å². The highest BCUT2D eigenvalue weighted by molar-refractivity contribution is 5.96. The van der Waals surface area contributed by atoms with Crippen LogP contribution in [0.4, 0.5) is 14.9 Å². The van der Waals surface area contributed by atoms with Gasteiger partial charge in [0.05, 0.1) is 19.1 Å². The molecule has 0 saturated carbocycles. The maximum absolute atomic E-state index is 13.0. The Labute approximate surface area is 165 Å². The molecule has 8 heteroatoms. The smallest absolute Gasteiger partial charge is 0.315 e. The van der Waals surface area contributed by atoms with Gasteiger partial charge in [-0.25, -0.2) is 9.18 Å². The van der Waals surface area contributed by atoms with Gasteiger partial charge in [0.1, 0.15) is 32.0 Å². The van der Waals surface area contributed by atoms with Gasteiger partial charge in [0.25, 0.3) is 0 Å². The molecule has 0 unspecified atom stereocenters. The number of rotatable bonds is 7. The first-order chi connectivity index (χ1) is 13.5. The van der Waals surface area contributed by atoms with Crippen molar-refractivity contribution >= 4 is 17.6 Å². The maximum atomic E-state index is 13.0. The number of quaternary nitrogens is 2. The summed E-state index contributed by atoms with van der Waals surface area (Å²) in [5.41, 5.74) is 0.657. The molecule has 0 aliphatic carbocycles. The molecule has 0 aromatic heterocycles. The van der Waals surface area contributed by atoms with E-state index >= 15 is 0 Å². The van der Waals surface area contributed by atoms with E-state index in [4.69, 9.17) is 0 Å². The van der Waals surface area contributed by atoms with Gasteiger partial charge in [-0.15, -0.1) is 0 Å². The van der Waals surface area contributed by atoms with Gasteiger partial charge in [0.2, 0.25) is 5.91 Å². The third-order valence-electron chi connectivity index (χ3n) is 5.76. The van der Waals surface area contributed by atoms with E-state index in [2.05, 4.69) is 17.6 Å². The fourth-order valence-corrected chi connectivity index (χ4v) is 4.01. The van der Waals surface area contributed by atoms with Gasteiger partial charge in [-0.2, -0.15) is 0 Å². The quantitative estimate of drug-likeness (QED) is 0.423. The molecule has 0 radical (unpaired) electrons. The van der Waals surface area contributed by atoms with E-state index in [1.54, 1.807) is 26.8 Å². The molecule has 4 N–H and O–H groups in total. The van der Waals surface area contributed by atoms with Crippen molar-refractivity contribution in [2.75, 3.05) is 57.3 Å². The molecular formula is C20H32FN5O2+2. The highest BCUT2D eigenvalue weighted by Crippen LogP contribution is 2.21. The number of likely N-dealkylation sites (N-methyl/N-ethyl adjacent to an activating group) is 1. The van der Waals surface area contributed by atoms with Crippen molar-refractivity contribution in [3.8, 4) is 0 Å². The summed E-state index contributed by atoms with van der Waals surface area (Å²) in [5.74, 6) is -0.395. The lowest BCUT2D eigenvalue weighted by Gasteiger charge is -2.29. The first-order valence-electron chi connectivity index (χ1n) is 10.3. The van der Waals surface area contributed by atoms with Crippen molar-refractivity contribution < 1.29 is 23.8 Å². The molecular weight excluding hydrogens is 361 g/mol. The Morgan fingerprint density at radius 1 is 1.18 bits per heavy atom. The number of nitrogens with one attached hydrogen (secondary N) is 4. The average molecular weight is 394 g/mol. The number of benzene rings is 1. The van der Waals surface area contributed by atoms with Crippen LogP contribution in [0.1, 0.15) is 19.8 Å². The predicted octanol–water partition coefficient (Wildman–Crippen LogP) is -1.58. The third-order valence-corrected chi connectivity index (χ3v) is 5.76. The van der Waals surface area contributed by atoms with Crippen LogP contribution in [0.3, 0.4) is 0 Å². The first kappa shape index (κ1) is 20.5. The molecule has 2 aliphatic rings. The second-order valence-electron chi connectivity index (χ2n) is 7.74. The van der Waals surface area contributed by atoms with Gasteiger partial charge >= 0.3 is 6.03 Å². The highest BCUT2D eigenvalue weighted by atomic mass is 19.1. The van der Waals surface area contributed by atoms with Crippen molar-refractivity contribution in [1.82, 2.24) is 10.6 Å². The zero-order valence-electron chi connectivity index (χ0n) is 16.6. The zero-order valence-corrected chi connectivity index (χ0v) is 16.6. The van der Waals surface area contributed by atoms with Crippen molar-refractivity contribution in [3.63, 3.8) is 0 Å². The van der Waals surface area contributed by atoms with Crippen LogP contribution in [0.2, 0.25) is 0 Å². The molecule has 0 spiro atoms. The molecule has 2 aliphatic heterocycles. The number of hydrogen-bond donors (Lipinski definition) is 4. The van der Waals surface area contributed by atoms with Crippen LogP contribution in [-0.4, -0.2) is 70.3 Å². The lowest BCUT2D eigenvalue weighted by Crippen LogP contribution is -3.28. The summed E-state index contributed by atoms with van der Waals surface area (Å²) in [5, 5.41) is 5.77. The number of anilines is 1. The molecule has 2 fully saturated rings. The van der Waals surface area contributed by atoms with Gasteiger partial charge in [-0.05, 0) is 31.2 Å². The number of piperazine rings is 1. The average Bonchev–Trinajstić information content (AvgIpc) is 3.06. The van der Waals surface area contributed by atoms with Crippen molar-refractivity contribution in [2.45, 2.75) is 25.8 Å². The van der Waals surface area contributed by atoms with Crippen LogP contribution >= 0.6 is 0 Å². The van der Waals surface area contributed by atoms with E-state index in [0.29, 0.717) is 18.8 Å². The normalized spacial score (nSPS) is 25.0. The van der Waals surface area contributed by atoms with E-state index in [9.17, 15) is 14.0 Å². The lowest BCUT2D eigenvalue weighted by molar-refractivity contribution is -1.01. The number of amides is 3. The Balaban J connectivity index is 1.33. The van der Waals surface area contributed by atoms with Gasteiger partial charge in [-0.3, -0.25) is 4.79 Å². The van der Waals surface area contributed by atoms with Crippen LogP contribution in [0, 0.1) is 5.82 Å². The molecule has 154 valence electrons. The minimum Gasteiger partial charge on any atom is -0.338 e. The third kappa shape index (κ3) is 5.65. The second kappa shape index (κ2) is 9.84. The number of halogens is 1. The van der Waals surface area contributed by atoms with Crippen LogP contribution in [0.25, 0.3) is 0 Å². The summed E-state index contributed by atoms with van der Waals surface area (Å²) >= 11 is 0. The number of hydrogen-bond acceptors (Lipinski definition) is 2. The molecule has 1 aromatic rings. The summed E-state index contributed by atoms with van der Waals surface area (Å²) in [6.07, 6.45) is 1.22. The molecule has 7 nitrogen and oxygen atoms in total. The standard InChI is InChI=1S/C20H30FN5O2/c1-2-24-10-12-25(13-11-24)9-3-8-22-20(28)23-17-14-19(27)26(15-17)18-6-4-16(21)5-7-18/h4-7,17H,2-3,8-15H2,1H3,(H2,22,23,28)/p+2/t17-/m0/s1. The van der Waals surface area contributed by atoms with Crippen molar-refractivity contribution in [3.05, 3.63) is 30.1 Å². The number of carbonyl (C=O) groups is 2. The molecule has 2 heterocycles. The lowest BCUT2D eigenvalue weighted by atomic mass is 10.2. The molecule has 0 bridgehead atoms. The summed E-state index contributed by atoms with van der Waals surface area (Å²) < 4.78 is 13.0. The number of carbonyl (C=O) groups excluding carboxylic acids is 2. The monoisotopic (exact) mass is 393 g/mol. The van der Waals surface area contributed by atoms with Crippen molar-refractivity contribution in [2.24, 2.45) is 0 Å². The van der Waals surface area contributed by atoms with Crippen LogP contribution < -0.4 is 25.3 Å². The van der Waals surface area contributed by atoms with Gasteiger partial charge in [0.15, 0.2) is 0 Å². The SMILES string of the molecule is CC[NH+]1CC[NH+](CCCNC(=O)N[C@H]2CC(=O)N(c3ccc(F)cc3)C2)CC1. The summed E-state index contributed by atoms with van der Waals surface area (Å²) in [7, 11) is 0. The summed E-state index contributed by atoms with van der Waals surface area (Å²) in [4.78, 5) is 29.2. The Morgan fingerprint density at radius 3 is 2.54 bits per heavy atom. The van der Waals surface area contributed by atoms with Gasteiger partial charge in [-0.1, -0.05) is 0 Å². The molecule has 3 amide bonds. The van der Waals surface area contributed by atoms with Gasteiger partial charge < -0.3 is 25.3 Å². The van der Waals surface area contributed by atoms with Crippen LogP contribution in [0.5, 0.6) is 0 Å². The Hall–Kier alpha value is -2.19. The minimum absolute atomic E-state index is 0.0612. The predicted molar refractivity (Wildman–Crippen MR) is 105 cm³/mol. The highest BCUT2D eigenvalue weighted by Gasteiger charge is 2.31. The first-order valence-corrected chi connectivity index (χ1v) is 10.3. The van der Waals surface area contributed by atoms with Crippen molar-refractivity contribution in [1.29, 1.82) is 0 Å². The minimum atomic E-state index is -0.334. The molecule has 28 heavy (non-hydrogen) atoms. The van der Waals surface area contributed by atoms with Crippen LogP contribution in [0.15, 0.2) is 24.3 Å². The topological polar surface area (TPSA) is 70.3 Å². The largest absolute Gasteiger partial charge is 0.338 e. The van der Waals surface area contributed by atoms with E-state index in [-0.39, 0.29) is 30.2 Å². The van der Waals surface area contributed by atoms with Gasteiger partial charge in [0, 0.05) is 31.6 Å². The fraction of sp³-hybridized carbons (Fsp3) is 0.600. The number of urea groups is 1. The Kier molecular flexibility index (Phi) is 7.22. The molecule has 3 rings (SSSR count). The fourth-order valence-electron chi connectivity index (χ4n) is 4.01. The number of nitrogens with zero attached hydrogens (tertiary/aromatic N) is 1. The Bertz CT molecular complexity index is 661. The Morgan fingerprint density at radius 2 is 1.86 bits per heavy atom. The molecule has 1 aromatic carbocycles. The summed E-state index contributed by atoms with van der Waals surface area (Å²) in [6.45, 7) is 10.5.